The van der Waals surface area contributed by atoms with E-state index in [4.69, 9.17) is 4.42 Å². The van der Waals surface area contributed by atoms with Crippen LogP contribution in [-0.4, -0.2) is 52.2 Å². The van der Waals surface area contributed by atoms with Crippen LogP contribution in [0.1, 0.15) is 46.4 Å². The second-order valence-electron chi connectivity index (χ2n) is 6.36. The minimum absolute atomic E-state index is 0.209. The van der Waals surface area contributed by atoms with Gasteiger partial charge in [-0.1, -0.05) is 11.3 Å². The third-order valence-corrected chi connectivity index (χ3v) is 5.49. The second-order valence-corrected chi connectivity index (χ2v) is 7.32. The fraction of sp³-hybridized carbons (Fsp3) is 0.600. The minimum Gasteiger partial charge on any atom is -0.438 e. The molecule has 1 saturated carbocycles. The van der Waals surface area contributed by atoms with E-state index in [-0.39, 0.29) is 16.8 Å². The average Bonchev–Trinajstić information content (AvgIpc) is 3.19. The van der Waals surface area contributed by atoms with Gasteiger partial charge in [-0.25, -0.2) is 4.98 Å². The Morgan fingerprint density at radius 2 is 2.00 bits per heavy atom. The molecule has 11 heteroatoms. The fourth-order valence-corrected chi connectivity index (χ4v) is 3.74. The number of nitrogens with zero attached hydrogens (tertiary/aromatic N) is 5. The monoisotopic (exact) mass is 387 g/mol. The standard InChI is InChI=1S/C15H16F3N5O2S/c16-15(17,18)13-20-21-14(26-13)23-5-1-4-22(6-7-23)12(24)11-10(9-2-3-9)19-8-25-11/h8-9H,1-7H2. The molecule has 140 valence electrons. The molecular weight excluding hydrogens is 371 g/mol. The van der Waals surface area contributed by atoms with Crippen LogP contribution in [0, 0.1) is 0 Å². The molecule has 0 radical (unpaired) electrons. The van der Waals surface area contributed by atoms with Crippen molar-refractivity contribution in [3.63, 3.8) is 0 Å². The molecule has 0 spiro atoms. The highest BCUT2D eigenvalue weighted by Gasteiger charge is 2.37. The predicted molar refractivity (Wildman–Crippen MR) is 86.1 cm³/mol. The van der Waals surface area contributed by atoms with Gasteiger partial charge >= 0.3 is 6.18 Å². The van der Waals surface area contributed by atoms with Crippen molar-refractivity contribution in [1.29, 1.82) is 0 Å². The third kappa shape index (κ3) is 3.39. The first-order valence-corrected chi connectivity index (χ1v) is 9.13. The Bertz CT molecular complexity index is 801. The zero-order chi connectivity index (χ0) is 18.3. The molecule has 0 aromatic carbocycles. The molecular formula is C15H16F3N5O2S. The van der Waals surface area contributed by atoms with Gasteiger partial charge in [0.25, 0.3) is 5.91 Å². The van der Waals surface area contributed by atoms with Crippen LogP contribution in [-0.2, 0) is 6.18 Å². The smallest absolute Gasteiger partial charge is 0.438 e. The Kier molecular flexibility index (Phi) is 4.33. The van der Waals surface area contributed by atoms with E-state index in [1.807, 2.05) is 0 Å². The number of hydrogen-bond acceptors (Lipinski definition) is 7. The lowest BCUT2D eigenvalue weighted by molar-refractivity contribution is -0.138. The second kappa shape index (κ2) is 6.53. The lowest BCUT2D eigenvalue weighted by Gasteiger charge is -2.20. The zero-order valence-electron chi connectivity index (χ0n) is 13.7. The van der Waals surface area contributed by atoms with Gasteiger partial charge in [0.1, 0.15) is 0 Å². The van der Waals surface area contributed by atoms with Crippen LogP contribution in [0.4, 0.5) is 18.3 Å². The number of carbonyl (C=O) groups is 1. The van der Waals surface area contributed by atoms with Crippen molar-refractivity contribution < 1.29 is 22.4 Å². The maximum absolute atomic E-state index is 12.7. The van der Waals surface area contributed by atoms with Gasteiger partial charge in [-0.05, 0) is 19.3 Å². The van der Waals surface area contributed by atoms with Crippen molar-refractivity contribution in [1.82, 2.24) is 20.1 Å². The SMILES string of the molecule is O=C(c1ocnc1C1CC1)N1CCCN(c2nnc(C(F)(F)F)s2)CC1. The quantitative estimate of drug-likeness (QED) is 0.806. The maximum Gasteiger partial charge on any atom is 0.445 e. The zero-order valence-corrected chi connectivity index (χ0v) is 14.5. The van der Waals surface area contributed by atoms with E-state index < -0.39 is 11.2 Å². The van der Waals surface area contributed by atoms with Crippen LogP contribution in [0.2, 0.25) is 0 Å². The molecule has 2 fully saturated rings. The highest BCUT2D eigenvalue weighted by molar-refractivity contribution is 7.15. The van der Waals surface area contributed by atoms with Gasteiger partial charge in [0.2, 0.25) is 15.9 Å². The summed E-state index contributed by atoms with van der Waals surface area (Å²) in [7, 11) is 0. The maximum atomic E-state index is 12.7. The Balaban J connectivity index is 1.44. The molecule has 1 aliphatic carbocycles. The van der Waals surface area contributed by atoms with Crippen molar-refractivity contribution in [2.45, 2.75) is 31.4 Å². The molecule has 2 aromatic rings. The Hall–Kier alpha value is -2.17. The van der Waals surface area contributed by atoms with Gasteiger partial charge in [0, 0.05) is 32.1 Å². The molecule has 1 aliphatic heterocycles. The average molecular weight is 387 g/mol. The van der Waals surface area contributed by atoms with Crippen LogP contribution in [0.15, 0.2) is 10.8 Å². The largest absolute Gasteiger partial charge is 0.445 e. The van der Waals surface area contributed by atoms with Crippen molar-refractivity contribution >= 4 is 22.4 Å². The van der Waals surface area contributed by atoms with Gasteiger partial charge in [-0.3, -0.25) is 4.79 Å². The number of alkyl halides is 3. The van der Waals surface area contributed by atoms with E-state index in [9.17, 15) is 18.0 Å². The van der Waals surface area contributed by atoms with Gasteiger partial charge in [-0.15, -0.1) is 10.2 Å². The van der Waals surface area contributed by atoms with E-state index in [2.05, 4.69) is 15.2 Å². The molecule has 7 nitrogen and oxygen atoms in total. The van der Waals surface area contributed by atoms with E-state index >= 15 is 0 Å². The molecule has 0 unspecified atom stereocenters. The third-order valence-electron chi connectivity index (χ3n) is 4.46. The van der Waals surface area contributed by atoms with E-state index in [0.29, 0.717) is 49.9 Å². The first-order valence-electron chi connectivity index (χ1n) is 8.32. The summed E-state index contributed by atoms with van der Waals surface area (Å²) in [5, 5.41) is 6.15. The summed E-state index contributed by atoms with van der Waals surface area (Å²) >= 11 is 0.524. The Morgan fingerprint density at radius 3 is 2.69 bits per heavy atom. The fourth-order valence-electron chi connectivity index (χ4n) is 2.98. The number of hydrogen-bond donors (Lipinski definition) is 0. The van der Waals surface area contributed by atoms with E-state index in [0.717, 1.165) is 18.5 Å². The van der Waals surface area contributed by atoms with Crippen LogP contribution in [0.3, 0.4) is 0 Å². The van der Waals surface area contributed by atoms with Gasteiger partial charge in [0.05, 0.1) is 5.69 Å². The van der Waals surface area contributed by atoms with Crippen LogP contribution in [0.5, 0.6) is 0 Å². The van der Waals surface area contributed by atoms with Gasteiger partial charge in [0.15, 0.2) is 6.39 Å². The molecule has 4 rings (SSSR count). The number of rotatable bonds is 3. The molecule has 0 bridgehead atoms. The molecule has 2 aliphatic rings. The lowest BCUT2D eigenvalue weighted by Crippen LogP contribution is -2.35. The molecule has 2 aromatic heterocycles. The van der Waals surface area contributed by atoms with Crippen molar-refractivity contribution in [3.05, 3.63) is 22.9 Å². The highest BCUT2D eigenvalue weighted by atomic mass is 32.1. The Labute approximate surface area is 150 Å². The first-order chi connectivity index (χ1) is 12.4. The first kappa shape index (κ1) is 17.3. The predicted octanol–water partition coefficient (Wildman–Crippen LogP) is 2.77. The molecule has 0 atom stereocenters. The summed E-state index contributed by atoms with van der Waals surface area (Å²) < 4.78 is 43.4. The number of aromatic nitrogens is 3. The minimum atomic E-state index is -4.49. The van der Waals surface area contributed by atoms with Crippen molar-refractivity contribution in [2.24, 2.45) is 0 Å². The highest BCUT2D eigenvalue weighted by Crippen LogP contribution is 2.41. The summed E-state index contributed by atoms with van der Waals surface area (Å²) in [6, 6.07) is 0. The Morgan fingerprint density at radius 1 is 1.19 bits per heavy atom. The number of oxazole rings is 1. The number of anilines is 1. The van der Waals surface area contributed by atoms with Crippen LogP contribution >= 0.6 is 11.3 Å². The van der Waals surface area contributed by atoms with Gasteiger partial charge in [-0.2, -0.15) is 13.2 Å². The topological polar surface area (TPSA) is 75.4 Å². The molecule has 1 saturated heterocycles. The van der Waals surface area contributed by atoms with Crippen LogP contribution in [0.25, 0.3) is 0 Å². The number of carbonyl (C=O) groups excluding carboxylic acids is 1. The molecule has 1 amide bonds. The normalized spacial score (nSPS) is 18.9. The van der Waals surface area contributed by atoms with Crippen molar-refractivity contribution in [2.75, 3.05) is 31.1 Å². The molecule has 3 heterocycles. The summed E-state index contributed by atoms with van der Waals surface area (Å²) in [5.41, 5.74) is 0.718. The summed E-state index contributed by atoms with van der Waals surface area (Å²) in [6.07, 6.45) is -0.544. The van der Waals surface area contributed by atoms with Gasteiger partial charge < -0.3 is 14.2 Å². The number of amides is 1. The summed E-state index contributed by atoms with van der Waals surface area (Å²) in [6.45, 7) is 1.79. The summed E-state index contributed by atoms with van der Waals surface area (Å²) in [5.74, 6) is 0.383. The van der Waals surface area contributed by atoms with E-state index in [1.54, 1.807) is 9.80 Å². The number of halogens is 3. The molecule has 0 N–H and O–H groups in total. The van der Waals surface area contributed by atoms with Crippen molar-refractivity contribution in [3.8, 4) is 0 Å². The van der Waals surface area contributed by atoms with Crippen LogP contribution < -0.4 is 4.90 Å². The lowest BCUT2D eigenvalue weighted by atomic mass is 10.2. The molecule has 26 heavy (non-hydrogen) atoms. The summed E-state index contributed by atoms with van der Waals surface area (Å²) in [4.78, 5) is 20.3. The van der Waals surface area contributed by atoms with E-state index in [1.165, 1.54) is 6.39 Å².